The zero-order chi connectivity index (χ0) is 10.9. The average molecular weight is 289 g/mol. The third kappa shape index (κ3) is 2.74. The predicted molar refractivity (Wildman–Crippen MR) is 68.5 cm³/mol. The zero-order valence-corrected chi connectivity index (χ0v) is 11.2. The van der Waals surface area contributed by atoms with Gasteiger partial charge in [0.2, 0.25) is 0 Å². The van der Waals surface area contributed by atoms with Crippen molar-refractivity contribution < 1.29 is 0 Å². The molecule has 0 amide bonds. The third-order valence-corrected chi connectivity index (χ3v) is 3.91. The predicted octanol–water partition coefficient (Wildman–Crippen LogP) is 3.79. The lowest BCUT2D eigenvalue weighted by Crippen LogP contribution is -2.38. The molecule has 1 fully saturated rings. The molecule has 0 radical (unpaired) electrons. The Morgan fingerprint density at radius 2 is 2.33 bits per heavy atom. The lowest BCUT2D eigenvalue weighted by Gasteiger charge is -2.25. The van der Waals surface area contributed by atoms with Crippen molar-refractivity contribution >= 4 is 27.5 Å². The van der Waals surface area contributed by atoms with Crippen molar-refractivity contribution in [2.75, 3.05) is 6.54 Å². The standard InChI is InChI=1S/C12H15BrClN/c1-12(5-2-6-15-12)8-9-7-10(13)3-4-11(9)14/h3-4,7,15H,2,5-6,8H2,1H3. The van der Waals surface area contributed by atoms with Gasteiger partial charge in [0, 0.05) is 15.0 Å². The van der Waals surface area contributed by atoms with Crippen molar-refractivity contribution in [1.29, 1.82) is 0 Å². The number of hydrogen-bond acceptors (Lipinski definition) is 1. The Hall–Kier alpha value is -0.0500. The minimum atomic E-state index is 0.227. The van der Waals surface area contributed by atoms with Crippen molar-refractivity contribution in [1.82, 2.24) is 5.32 Å². The molecule has 0 aliphatic carbocycles. The molecule has 1 unspecified atom stereocenters. The average Bonchev–Trinajstić information content (AvgIpc) is 2.59. The molecule has 0 spiro atoms. The van der Waals surface area contributed by atoms with Crippen molar-refractivity contribution in [3.05, 3.63) is 33.3 Å². The van der Waals surface area contributed by atoms with Gasteiger partial charge in [-0.1, -0.05) is 27.5 Å². The minimum Gasteiger partial charge on any atom is -0.311 e. The second-order valence-corrected chi connectivity index (χ2v) is 5.83. The Morgan fingerprint density at radius 1 is 1.53 bits per heavy atom. The number of rotatable bonds is 2. The van der Waals surface area contributed by atoms with Crippen LogP contribution >= 0.6 is 27.5 Å². The van der Waals surface area contributed by atoms with Crippen molar-refractivity contribution in [3.8, 4) is 0 Å². The lowest BCUT2D eigenvalue weighted by atomic mass is 9.91. The van der Waals surface area contributed by atoms with Crippen molar-refractivity contribution in [2.45, 2.75) is 31.7 Å². The van der Waals surface area contributed by atoms with E-state index >= 15 is 0 Å². The molecule has 1 N–H and O–H groups in total. The molecule has 0 bridgehead atoms. The van der Waals surface area contributed by atoms with Gasteiger partial charge in [-0.25, -0.2) is 0 Å². The molecule has 0 aromatic heterocycles. The summed E-state index contributed by atoms with van der Waals surface area (Å²) in [6.07, 6.45) is 3.50. The molecule has 3 heteroatoms. The molecule has 1 aromatic rings. The van der Waals surface area contributed by atoms with E-state index in [-0.39, 0.29) is 5.54 Å². The van der Waals surface area contributed by atoms with Gasteiger partial charge in [0.05, 0.1) is 0 Å². The Morgan fingerprint density at radius 3 is 3.00 bits per heavy atom. The van der Waals surface area contributed by atoms with Crippen LogP contribution < -0.4 is 5.32 Å². The fourth-order valence-electron chi connectivity index (χ4n) is 2.21. The van der Waals surface area contributed by atoms with E-state index in [9.17, 15) is 0 Å². The quantitative estimate of drug-likeness (QED) is 0.873. The van der Waals surface area contributed by atoms with Gasteiger partial charge in [-0.05, 0) is 56.5 Å². The molecule has 1 aromatic carbocycles. The molecule has 1 aliphatic rings. The first-order valence-electron chi connectivity index (χ1n) is 5.28. The van der Waals surface area contributed by atoms with E-state index in [1.165, 1.54) is 18.4 Å². The Labute approximate surface area is 104 Å². The van der Waals surface area contributed by atoms with E-state index in [1.807, 2.05) is 12.1 Å². The van der Waals surface area contributed by atoms with Crippen LogP contribution in [0, 0.1) is 0 Å². The minimum absolute atomic E-state index is 0.227. The maximum atomic E-state index is 6.19. The van der Waals surface area contributed by atoms with Crippen LogP contribution in [0.1, 0.15) is 25.3 Å². The Balaban J connectivity index is 2.19. The van der Waals surface area contributed by atoms with E-state index < -0.39 is 0 Å². The topological polar surface area (TPSA) is 12.0 Å². The zero-order valence-electron chi connectivity index (χ0n) is 8.82. The van der Waals surface area contributed by atoms with Gasteiger partial charge < -0.3 is 5.32 Å². The third-order valence-electron chi connectivity index (χ3n) is 3.05. The second kappa shape index (κ2) is 4.44. The highest BCUT2D eigenvalue weighted by Crippen LogP contribution is 2.28. The van der Waals surface area contributed by atoms with Crippen LogP contribution in [0.2, 0.25) is 5.02 Å². The molecule has 1 atom stereocenters. The first-order valence-corrected chi connectivity index (χ1v) is 6.45. The van der Waals surface area contributed by atoms with Crippen LogP contribution in [0.5, 0.6) is 0 Å². The molecule has 82 valence electrons. The van der Waals surface area contributed by atoms with Crippen LogP contribution in [0.25, 0.3) is 0 Å². The van der Waals surface area contributed by atoms with Crippen LogP contribution in [0.3, 0.4) is 0 Å². The summed E-state index contributed by atoms with van der Waals surface area (Å²) in [5.41, 5.74) is 1.45. The molecule has 0 saturated carbocycles. The Kier molecular flexibility index (Phi) is 3.39. The molecular formula is C12H15BrClN. The van der Waals surface area contributed by atoms with E-state index in [0.29, 0.717) is 0 Å². The van der Waals surface area contributed by atoms with Gasteiger partial charge in [0.15, 0.2) is 0 Å². The summed E-state index contributed by atoms with van der Waals surface area (Å²) in [4.78, 5) is 0. The monoisotopic (exact) mass is 287 g/mol. The highest BCUT2D eigenvalue weighted by atomic mass is 79.9. The SMILES string of the molecule is CC1(Cc2cc(Br)ccc2Cl)CCCN1. The summed E-state index contributed by atoms with van der Waals surface area (Å²) >= 11 is 9.67. The smallest absolute Gasteiger partial charge is 0.0439 e. The van der Waals surface area contributed by atoms with Crippen molar-refractivity contribution in [3.63, 3.8) is 0 Å². The van der Waals surface area contributed by atoms with Gasteiger partial charge in [-0.15, -0.1) is 0 Å². The summed E-state index contributed by atoms with van der Waals surface area (Å²) in [5, 5.41) is 4.42. The largest absolute Gasteiger partial charge is 0.311 e. The van der Waals surface area contributed by atoms with E-state index in [0.717, 1.165) is 22.5 Å². The van der Waals surface area contributed by atoms with Gasteiger partial charge in [-0.3, -0.25) is 0 Å². The highest BCUT2D eigenvalue weighted by Gasteiger charge is 2.28. The van der Waals surface area contributed by atoms with Gasteiger partial charge >= 0.3 is 0 Å². The lowest BCUT2D eigenvalue weighted by molar-refractivity contribution is 0.412. The maximum Gasteiger partial charge on any atom is 0.0439 e. The van der Waals surface area contributed by atoms with Crippen LogP contribution in [0.4, 0.5) is 0 Å². The highest BCUT2D eigenvalue weighted by molar-refractivity contribution is 9.10. The molecule has 2 rings (SSSR count). The number of halogens is 2. The summed E-state index contributed by atoms with van der Waals surface area (Å²) in [5.74, 6) is 0. The molecule has 1 nitrogen and oxygen atoms in total. The van der Waals surface area contributed by atoms with Crippen LogP contribution in [-0.2, 0) is 6.42 Å². The van der Waals surface area contributed by atoms with E-state index in [1.54, 1.807) is 0 Å². The molecule has 1 aliphatic heterocycles. The maximum absolute atomic E-state index is 6.19. The summed E-state index contributed by atoms with van der Waals surface area (Å²) in [6, 6.07) is 6.06. The van der Waals surface area contributed by atoms with Gasteiger partial charge in [0.1, 0.15) is 0 Å². The van der Waals surface area contributed by atoms with Gasteiger partial charge in [0.25, 0.3) is 0 Å². The first kappa shape index (κ1) is 11.4. The molecule has 1 saturated heterocycles. The molecule has 15 heavy (non-hydrogen) atoms. The number of nitrogens with one attached hydrogen (secondary N) is 1. The number of benzene rings is 1. The van der Waals surface area contributed by atoms with E-state index in [2.05, 4.69) is 34.2 Å². The summed E-state index contributed by atoms with van der Waals surface area (Å²) in [6.45, 7) is 3.40. The second-order valence-electron chi connectivity index (χ2n) is 4.50. The van der Waals surface area contributed by atoms with Crippen molar-refractivity contribution in [2.24, 2.45) is 0 Å². The van der Waals surface area contributed by atoms with Gasteiger partial charge in [-0.2, -0.15) is 0 Å². The van der Waals surface area contributed by atoms with Crippen LogP contribution in [-0.4, -0.2) is 12.1 Å². The van der Waals surface area contributed by atoms with E-state index in [4.69, 9.17) is 11.6 Å². The molecular weight excluding hydrogens is 273 g/mol. The summed E-state index contributed by atoms with van der Waals surface area (Å²) < 4.78 is 1.10. The number of hydrogen-bond donors (Lipinski definition) is 1. The van der Waals surface area contributed by atoms with Crippen LogP contribution in [0.15, 0.2) is 22.7 Å². The normalized spacial score (nSPS) is 25.8. The molecule has 1 heterocycles. The first-order chi connectivity index (χ1) is 7.09. The fourth-order valence-corrected chi connectivity index (χ4v) is 2.80. The Bertz CT molecular complexity index is 359. The fraction of sp³-hybridized carbons (Fsp3) is 0.500. The summed E-state index contributed by atoms with van der Waals surface area (Å²) in [7, 11) is 0.